The quantitative estimate of drug-likeness (QED) is 0.0164. The lowest BCUT2D eigenvalue weighted by Crippen LogP contribution is -2.62. The first kappa shape index (κ1) is 104. The van der Waals surface area contributed by atoms with E-state index in [9.17, 15) is 53.4 Å². The topological polar surface area (TPSA) is 641 Å². The third-order valence-electron chi connectivity index (χ3n) is 24.4. The molecular weight excluding hydrogens is 1750 g/mol. The highest BCUT2D eigenvalue weighted by Crippen LogP contribution is 2.28. The van der Waals surface area contributed by atoms with Crippen LogP contribution < -0.4 is 75.7 Å². The number of fused-ring (bicyclic) bond motifs is 4. The van der Waals surface area contributed by atoms with Crippen LogP contribution in [0.1, 0.15) is 153 Å². The summed E-state index contributed by atoms with van der Waals surface area (Å²) in [6.45, 7) is 6.60. The lowest BCUT2D eigenvalue weighted by atomic mass is 10.00. The average molecular weight is 1870 g/mol. The predicted molar refractivity (Wildman–Crippen MR) is 495 cm³/mol. The Balaban J connectivity index is 1.11. The van der Waals surface area contributed by atoms with Gasteiger partial charge in [-0.2, -0.15) is 0 Å². The van der Waals surface area contributed by atoms with Crippen LogP contribution in [0.25, 0.3) is 21.8 Å². The van der Waals surface area contributed by atoms with Gasteiger partial charge in [0.1, 0.15) is 90.3 Å². The monoisotopic (exact) mass is 1870 g/mol. The van der Waals surface area contributed by atoms with Crippen molar-refractivity contribution < 1.29 is 91.7 Å². The summed E-state index contributed by atoms with van der Waals surface area (Å²) in [7, 11) is 3.91. The molecule has 135 heavy (non-hydrogen) atoms. The number of carbonyl (C=O) groups is 17. The van der Waals surface area contributed by atoms with Gasteiger partial charge in [-0.1, -0.05) is 108 Å². The second-order valence-corrected chi connectivity index (χ2v) is 34.8. The number of hydrogen-bond donors (Lipinski definition) is 20. The number of amides is 17. The highest BCUT2D eigenvalue weighted by molar-refractivity contribution is 6.03. The van der Waals surface area contributed by atoms with E-state index < -0.39 is 217 Å². The van der Waals surface area contributed by atoms with E-state index in [-0.39, 0.29) is 115 Å². The standard InChI is InChI=1S/C92H128N24O19/c1-9-11-27-71-84(128)105-63(26-18-36-98-92(95)96)80(124)104-62(79(123)101-48-76(94)120)25-17-31-77(121)103-67(40-53-32-34-57(118)35-33-53)87(131)112(6)52(5)78(122)108-69(44-75(93)119)90(134)116-38-20-30-73(116)86(130)107-65(43-56-47-97-50-102-56)82(126)109-66(39-51(3)4)89(133)115-37-19-29-72(115)85(129)106-64(41-54-45-99-60-23-15-13-21-58(54)60)81(125)111-70(49-117)83(127)110-68(42-55-46-100-61-24-16-14-22-59(55)61)88(132)114(8)74(28-12-10-2)91(135)113(71)7/h13-17,21-24,31-35,45-47,50-52,62-74,99-100,117-118H,9-12,18-20,25-30,36-44,48-49H2,1-8H3,(H2,93,119)(H2,94,120)(H,97,102)(H,101,123)(H,103,121)(H,104,124)(H,105,128)(H,106,129)(H,107,130)(H,108,122)(H,109,126)(H,110,127)(H,111,125)(H4,95,96,98)/t52-,62-,63-,64-,65-,66-,67-,68-,69-,70-,71-,72-,73?,74-/m0/s1. The number of aromatic nitrogens is 4. The number of aliphatic hydroxyl groups excluding tert-OH is 1. The number of nitrogens with zero attached hydrogens (tertiary/aromatic N) is 6. The maximum absolute atomic E-state index is 15.8. The molecule has 0 radical (unpaired) electrons. The Labute approximate surface area is 780 Å². The number of rotatable bonds is 26. The summed E-state index contributed by atoms with van der Waals surface area (Å²) >= 11 is 0. The number of hydrogen-bond acceptors (Lipinski definition) is 21. The van der Waals surface area contributed by atoms with Crippen LogP contribution in [0, 0.1) is 11.3 Å². The molecule has 3 aromatic carbocycles. The van der Waals surface area contributed by atoms with Crippen molar-refractivity contribution in [1.82, 2.24) is 103 Å². The highest BCUT2D eigenvalue weighted by Gasteiger charge is 2.46. The number of H-pyrrole nitrogens is 3. The van der Waals surface area contributed by atoms with Crippen LogP contribution in [0.15, 0.2) is 110 Å². The molecule has 0 aliphatic carbocycles. The van der Waals surface area contributed by atoms with Gasteiger partial charge in [0.2, 0.25) is 100 Å². The fraction of sp³-hybridized carbons (Fsp3) is 0.511. The number of carbonyl (C=O) groups excluding carboxylic acids is 17. The van der Waals surface area contributed by atoms with Crippen molar-refractivity contribution in [3.8, 4) is 5.75 Å². The van der Waals surface area contributed by atoms with Crippen LogP contribution >= 0.6 is 0 Å². The second kappa shape index (κ2) is 50.0. The minimum Gasteiger partial charge on any atom is -0.508 e. The maximum atomic E-state index is 15.8. The number of primary amides is 2. The molecule has 3 aromatic heterocycles. The number of para-hydroxylation sites is 2. The number of aromatic amines is 3. The van der Waals surface area contributed by atoms with Crippen LogP contribution in [-0.2, 0) is 107 Å². The van der Waals surface area contributed by atoms with E-state index in [4.69, 9.17) is 22.6 Å². The fourth-order valence-corrected chi connectivity index (χ4v) is 16.9. The first-order valence-electron chi connectivity index (χ1n) is 45.6. The number of nitrogens with one attached hydrogen (secondary N) is 15. The number of likely N-dealkylation sites (N-methyl/N-ethyl adjacent to an activating group) is 3. The Bertz CT molecular complexity index is 5250. The van der Waals surface area contributed by atoms with Gasteiger partial charge in [0, 0.05) is 113 Å². The first-order valence-corrected chi connectivity index (χ1v) is 45.6. The smallest absolute Gasteiger partial charge is 0.246 e. The summed E-state index contributed by atoms with van der Waals surface area (Å²) in [5.41, 5.74) is 19.9. The molecule has 14 atom stereocenters. The van der Waals surface area contributed by atoms with Crippen molar-refractivity contribution in [1.29, 1.82) is 5.41 Å². The number of phenolic OH excluding ortho intramolecular Hbond substituents is 1. The van der Waals surface area contributed by atoms with E-state index in [1.165, 1.54) is 69.8 Å². The molecule has 6 aromatic rings. The fourth-order valence-electron chi connectivity index (χ4n) is 16.9. The maximum Gasteiger partial charge on any atom is 0.246 e. The van der Waals surface area contributed by atoms with Gasteiger partial charge in [-0.15, -0.1) is 0 Å². The zero-order valence-electron chi connectivity index (χ0n) is 77.3. The summed E-state index contributed by atoms with van der Waals surface area (Å²) in [6, 6.07) is -1.58. The molecule has 0 bridgehead atoms. The summed E-state index contributed by atoms with van der Waals surface area (Å²) in [5.74, 6) is -16.6. The van der Waals surface area contributed by atoms with Crippen molar-refractivity contribution in [3.05, 3.63) is 132 Å². The molecule has 9 rings (SSSR count). The van der Waals surface area contributed by atoms with Crippen molar-refractivity contribution in [3.63, 3.8) is 0 Å². The van der Waals surface area contributed by atoms with Crippen molar-refractivity contribution in [2.45, 2.75) is 241 Å². The average Bonchev–Trinajstić information content (AvgIpc) is 1.75. The largest absolute Gasteiger partial charge is 0.508 e. The van der Waals surface area contributed by atoms with Crippen LogP contribution in [0.4, 0.5) is 0 Å². The molecule has 17 amide bonds. The van der Waals surface area contributed by atoms with E-state index in [1.54, 1.807) is 74.8 Å². The third kappa shape index (κ3) is 29.1. The number of nitrogens with two attached hydrogens (primary N) is 3. The number of benzene rings is 3. The summed E-state index contributed by atoms with van der Waals surface area (Å²) < 4.78 is 0. The van der Waals surface area contributed by atoms with E-state index >= 15 is 38.4 Å². The zero-order chi connectivity index (χ0) is 98.4. The van der Waals surface area contributed by atoms with Gasteiger partial charge in [-0.3, -0.25) is 86.9 Å². The molecule has 3 aliphatic heterocycles. The van der Waals surface area contributed by atoms with Gasteiger partial charge in [0.15, 0.2) is 5.96 Å². The number of aliphatic hydroxyl groups is 1. The Morgan fingerprint density at radius 1 is 0.519 bits per heavy atom. The molecule has 2 fully saturated rings. The predicted octanol–water partition coefficient (Wildman–Crippen LogP) is -1.69. The zero-order valence-corrected chi connectivity index (χ0v) is 77.3. The molecule has 0 saturated carbocycles. The minimum absolute atomic E-state index is 0.00177. The van der Waals surface area contributed by atoms with E-state index in [0.717, 1.165) is 31.8 Å². The van der Waals surface area contributed by atoms with Gasteiger partial charge in [0.05, 0.1) is 25.9 Å². The van der Waals surface area contributed by atoms with Gasteiger partial charge < -0.3 is 125 Å². The van der Waals surface area contributed by atoms with Crippen molar-refractivity contribution in [2.75, 3.05) is 53.9 Å². The van der Waals surface area contributed by atoms with E-state index in [1.807, 2.05) is 13.8 Å². The first-order chi connectivity index (χ1) is 64.4. The summed E-state index contributed by atoms with van der Waals surface area (Å²) in [4.78, 5) is 269. The van der Waals surface area contributed by atoms with Crippen LogP contribution in [-0.4, -0.2) is 300 Å². The van der Waals surface area contributed by atoms with Crippen molar-refractivity contribution in [2.24, 2.45) is 23.1 Å². The summed E-state index contributed by atoms with van der Waals surface area (Å²) in [6.07, 6.45) is 7.62. The molecule has 3 aliphatic rings. The molecule has 1 unspecified atom stereocenters. The molecular formula is C92H128N24O19. The van der Waals surface area contributed by atoms with Gasteiger partial charge in [0.25, 0.3) is 0 Å². The number of guanidine groups is 1. The summed E-state index contributed by atoms with van der Waals surface area (Å²) in [5, 5.41) is 59.8. The van der Waals surface area contributed by atoms with Crippen LogP contribution in [0.5, 0.6) is 5.75 Å². The lowest BCUT2D eigenvalue weighted by Gasteiger charge is -2.36. The molecule has 23 N–H and O–H groups in total. The molecule has 6 heterocycles. The van der Waals surface area contributed by atoms with Crippen LogP contribution in [0.3, 0.4) is 0 Å². The van der Waals surface area contributed by atoms with E-state index in [0.29, 0.717) is 69.9 Å². The van der Waals surface area contributed by atoms with Crippen molar-refractivity contribution >= 4 is 128 Å². The van der Waals surface area contributed by atoms with Gasteiger partial charge >= 0.3 is 0 Å². The molecule has 730 valence electrons. The SMILES string of the molecule is CCCC[C@H]1C(=O)N(C)[C@@H](CCCC)C(=O)N[C@@H](CCCNC(=N)N)C(=O)N[C@H](C(=O)NCC(N)=O)CC=CC(=O)N[C@@H](Cc2ccc(O)cc2)C(=O)N(C)[C@@H](C)C(=O)N[C@@H](CC(N)=O)C(=O)N2CCCC2C(=O)N[C@@H](Cc2cnc[nH]2)C(=O)N[C@@H](CC(C)C)C(=O)N2CCC[C@H]2C(=O)N[C@@H](Cc2c[nH]c3ccccc23)C(=O)N[C@@H](CO)C(=O)N[C@@H](Cc2c[nH]c3ccccc23)C(=O)N1C. The Morgan fingerprint density at radius 2 is 1.02 bits per heavy atom. The molecule has 0 spiro atoms. The Kier molecular flexibility index (Phi) is 38.7. The normalized spacial score (nSPS) is 24.1. The number of imidazole rings is 1. The lowest BCUT2D eigenvalue weighted by molar-refractivity contribution is -0.149. The third-order valence-corrected chi connectivity index (χ3v) is 24.4. The number of aromatic hydroxyl groups is 1. The Hall–Kier alpha value is -14.3. The van der Waals surface area contributed by atoms with E-state index in [2.05, 4.69) is 78.4 Å². The second-order valence-electron chi connectivity index (χ2n) is 34.8. The van der Waals surface area contributed by atoms with Gasteiger partial charge in [-0.25, -0.2) is 4.98 Å². The Morgan fingerprint density at radius 3 is 1.58 bits per heavy atom. The van der Waals surface area contributed by atoms with Crippen LogP contribution in [0.2, 0.25) is 0 Å². The minimum atomic E-state index is -1.85. The highest BCUT2D eigenvalue weighted by atomic mass is 16.3. The number of unbranched alkanes of at least 4 members (excludes halogenated alkanes) is 2. The molecule has 2 saturated heterocycles. The molecule has 43 heteroatoms. The number of phenols is 1. The molecule has 43 nitrogen and oxygen atoms in total. The van der Waals surface area contributed by atoms with Gasteiger partial charge in [-0.05, 0) is 124 Å².